The Labute approximate surface area is 92.1 Å². The molecule has 0 saturated heterocycles. The minimum absolute atomic E-state index is 0.419. The van der Waals surface area contributed by atoms with Gasteiger partial charge in [-0.15, -0.1) is 0 Å². The van der Waals surface area contributed by atoms with E-state index < -0.39 is 5.60 Å². The van der Waals surface area contributed by atoms with Crippen LogP contribution in [0.4, 0.5) is 0 Å². The first kappa shape index (κ1) is 10.7. The summed E-state index contributed by atoms with van der Waals surface area (Å²) in [6.45, 7) is 6.44. The molecular weight excluding hydrogens is 184 g/mol. The molecule has 0 radical (unpaired) electrons. The molecule has 0 atom stereocenters. The zero-order valence-electron chi connectivity index (χ0n) is 9.88. The van der Waals surface area contributed by atoms with Gasteiger partial charge in [0.15, 0.2) is 0 Å². The van der Waals surface area contributed by atoms with Crippen molar-refractivity contribution in [3.8, 4) is 0 Å². The Morgan fingerprint density at radius 2 is 2.00 bits per heavy atom. The summed E-state index contributed by atoms with van der Waals surface area (Å²) >= 11 is 0. The molecule has 82 valence electrons. The van der Waals surface area contributed by atoms with Crippen LogP contribution in [0, 0.1) is 19.8 Å². The maximum Gasteiger partial charge on any atom is 0.0693 e. The average Bonchev–Trinajstić information content (AvgIpc) is 2.09. The maximum atomic E-state index is 10.2. The van der Waals surface area contributed by atoms with Crippen molar-refractivity contribution < 1.29 is 5.11 Å². The monoisotopic (exact) mass is 204 g/mol. The fourth-order valence-corrected chi connectivity index (χ4v) is 2.73. The Morgan fingerprint density at radius 3 is 2.60 bits per heavy atom. The summed E-state index contributed by atoms with van der Waals surface area (Å²) in [5.41, 5.74) is 3.47. The van der Waals surface area contributed by atoms with E-state index in [1.165, 1.54) is 16.7 Å². The molecule has 0 aromatic heterocycles. The van der Waals surface area contributed by atoms with Gasteiger partial charge in [0, 0.05) is 6.42 Å². The third-order valence-corrected chi connectivity index (χ3v) is 3.48. The SMILES string of the molecule is Cc1ccc(C)c(CC2(O)CC(C)C2)c1. The van der Waals surface area contributed by atoms with Gasteiger partial charge in [0.1, 0.15) is 0 Å². The summed E-state index contributed by atoms with van der Waals surface area (Å²) in [6.07, 6.45) is 2.74. The molecule has 1 aliphatic carbocycles. The second-order valence-corrected chi connectivity index (χ2v) is 5.34. The van der Waals surface area contributed by atoms with E-state index in [4.69, 9.17) is 0 Å². The van der Waals surface area contributed by atoms with E-state index in [9.17, 15) is 5.11 Å². The summed E-state index contributed by atoms with van der Waals surface area (Å²) < 4.78 is 0. The van der Waals surface area contributed by atoms with Crippen molar-refractivity contribution in [3.05, 3.63) is 34.9 Å². The van der Waals surface area contributed by atoms with Gasteiger partial charge in [-0.3, -0.25) is 0 Å². The molecule has 0 unspecified atom stereocenters. The van der Waals surface area contributed by atoms with Gasteiger partial charge in [0.25, 0.3) is 0 Å². The summed E-state index contributed by atoms with van der Waals surface area (Å²) in [5.74, 6) is 0.695. The summed E-state index contributed by atoms with van der Waals surface area (Å²) in [6, 6.07) is 6.48. The number of rotatable bonds is 2. The molecule has 1 aromatic carbocycles. The van der Waals surface area contributed by atoms with E-state index in [1.807, 2.05) is 0 Å². The van der Waals surface area contributed by atoms with Crippen LogP contribution in [-0.4, -0.2) is 10.7 Å². The molecule has 1 saturated carbocycles. The molecule has 0 aliphatic heterocycles. The van der Waals surface area contributed by atoms with Gasteiger partial charge in [-0.25, -0.2) is 0 Å². The number of benzene rings is 1. The van der Waals surface area contributed by atoms with E-state index in [1.54, 1.807) is 0 Å². The highest BCUT2D eigenvalue weighted by atomic mass is 16.3. The van der Waals surface area contributed by atoms with Crippen LogP contribution in [0.25, 0.3) is 0 Å². The maximum absolute atomic E-state index is 10.2. The zero-order chi connectivity index (χ0) is 11.1. The van der Waals surface area contributed by atoms with Gasteiger partial charge < -0.3 is 5.11 Å². The molecule has 0 amide bonds. The van der Waals surface area contributed by atoms with Gasteiger partial charge >= 0.3 is 0 Å². The molecule has 1 N–H and O–H groups in total. The highest BCUT2D eigenvalue weighted by molar-refractivity contribution is 5.32. The van der Waals surface area contributed by atoms with Crippen molar-refractivity contribution >= 4 is 0 Å². The Bertz CT molecular complexity index is 362. The van der Waals surface area contributed by atoms with E-state index in [0.29, 0.717) is 5.92 Å². The summed E-state index contributed by atoms with van der Waals surface area (Å²) in [4.78, 5) is 0. The minimum atomic E-state index is -0.419. The Hall–Kier alpha value is -0.820. The normalized spacial score (nSPS) is 30.0. The van der Waals surface area contributed by atoms with Gasteiger partial charge in [-0.2, -0.15) is 0 Å². The van der Waals surface area contributed by atoms with Gasteiger partial charge in [-0.05, 0) is 43.7 Å². The lowest BCUT2D eigenvalue weighted by Gasteiger charge is -2.42. The largest absolute Gasteiger partial charge is 0.390 e. The van der Waals surface area contributed by atoms with Crippen LogP contribution in [0.5, 0.6) is 0 Å². The summed E-state index contributed by atoms with van der Waals surface area (Å²) in [5, 5.41) is 10.2. The van der Waals surface area contributed by atoms with E-state index in [-0.39, 0.29) is 0 Å². The second kappa shape index (κ2) is 3.64. The quantitative estimate of drug-likeness (QED) is 0.785. The van der Waals surface area contributed by atoms with E-state index in [2.05, 4.69) is 39.0 Å². The summed E-state index contributed by atoms with van der Waals surface area (Å²) in [7, 11) is 0. The topological polar surface area (TPSA) is 20.2 Å². The standard InChI is InChI=1S/C14H20O/c1-10-4-5-12(3)13(6-10)9-14(15)7-11(2)8-14/h4-6,11,15H,7-9H2,1-3H3. The molecule has 1 aromatic rings. The lowest BCUT2D eigenvalue weighted by Crippen LogP contribution is -2.44. The highest BCUT2D eigenvalue weighted by Gasteiger charge is 2.40. The fraction of sp³-hybridized carbons (Fsp3) is 0.571. The van der Waals surface area contributed by atoms with Crippen LogP contribution in [0.15, 0.2) is 18.2 Å². The predicted molar refractivity (Wildman–Crippen MR) is 63.0 cm³/mol. The highest BCUT2D eigenvalue weighted by Crippen LogP contribution is 2.40. The van der Waals surface area contributed by atoms with E-state index >= 15 is 0 Å². The van der Waals surface area contributed by atoms with Gasteiger partial charge in [0.05, 0.1) is 5.60 Å². The molecule has 2 rings (SSSR count). The van der Waals surface area contributed by atoms with Crippen LogP contribution in [0.3, 0.4) is 0 Å². The van der Waals surface area contributed by atoms with Crippen molar-refractivity contribution in [3.63, 3.8) is 0 Å². The molecule has 0 heterocycles. The van der Waals surface area contributed by atoms with Crippen molar-refractivity contribution in [2.24, 2.45) is 5.92 Å². The van der Waals surface area contributed by atoms with E-state index in [0.717, 1.165) is 19.3 Å². The molecule has 1 nitrogen and oxygen atoms in total. The second-order valence-electron chi connectivity index (χ2n) is 5.34. The fourth-order valence-electron chi connectivity index (χ4n) is 2.73. The van der Waals surface area contributed by atoms with Gasteiger partial charge in [0.2, 0.25) is 0 Å². The molecule has 1 aliphatic rings. The Balaban J connectivity index is 2.14. The molecule has 0 spiro atoms. The first-order chi connectivity index (χ1) is 6.98. The minimum Gasteiger partial charge on any atom is -0.390 e. The molecule has 0 bridgehead atoms. The third-order valence-electron chi connectivity index (χ3n) is 3.48. The molecule has 1 fully saturated rings. The Kier molecular flexibility index (Phi) is 2.59. The number of aliphatic hydroxyl groups is 1. The number of hydrogen-bond donors (Lipinski definition) is 1. The average molecular weight is 204 g/mol. The van der Waals surface area contributed by atoms with Crippen LogP contribution in [0.1, 0.15) is 36.5 Å². The Morgan fingerprint density at radius 1 is 1.33 bits per heavy atom. The first-order valence-electron chi connectivity index (χ1n) is 5.77. The van der Waals surface area contributed by atoms with Crippen molar-refractivity contribution in [2.75, 3.05) is 0 Å². The van der Waals surface area contributed by atoms with Crippen LogP contribution in [0.2, 0.25) is 0 Å². The van der Waals surface area contributed by atoms with Crippen LogP contribution >= 0.6 is 0 Å². The number of hydrogen-bond acceptors (Lipinski definition) is 1. The van der Waals surface area contributed by atoms with Crippen molar-refractivity contribution in [1.29, 1.82) is 0 Å². The van der Waals surface area contributed by atoms with Crippen LogP contribution in [-0.2, 0) is 6.42 Å². The number of aryl methyl sites for hydroxylation is 2. The van der Waals surface area contributed by atoms with Crippen molar-refractivity contribution in [1.82, 2.24) is 0 Å². The van der Waals surface area contributed by atoms with Crippen LogP contribution < -0.4 is 0 Å². The first-order valence-corrected chi connectivity index (χ1v) is 5.77. The third kappa shape index (κ3) is 2.23. The molecular formula is C14H20O. The zero-order valence-corrected chi connectivity index (χ0v) is 9.88. The lowest BCUT2D eigenvalue weighted by atomic mass is 9.69. The molecule has 1 heteroatoms. The predicted octanol–water partition coefficient (Wildman–Crippen LogP) is 3.01. The smallest absolute Gasteiger partial charge is 0.0693 e. The van der Waals surface area contributed by atoms with Gasteiger partial charge in [-0.1, -0.05) is 30.7 Å². The lowest BCUT2D eigenvalue weighted by molar-refractivity contribution is -0.0666. The molecule has 15 heavy (non-hydrogen) atoms. The van der Waals surface area contributed by atoms with Crippen molar-refractivity contribution in [2.45, 2.75) is 45.6 Å².